The first-order valence-corrected chi connectivity index (χ1v) is 5.23. The first-order chi connectivity index (χ1) is 8.31. The van der Waals surface area contributed by atoms with Gasteiger partial charge in [0.25, 0.3) is 5.97 Å². The van der Waals surface area contributed by atoms with Crippen molar-refractivity contribution >= 4 is 24.2 Å². The Morgan fingerprint density at radius 3 is 1.58 bits per heavy atom. The Morgan fingerprint density at radius 1 is 1.05 bits per heavy atom. The fourth-order valence-corrected chi connectivity index (χ4v) is 0.491. The predicted molar refractivity (Wildman–Crippen MR) is 68.0 cm³/mol. The minimum Gasteiger partial charge on any atom is -0.481 e. The molecule has 0 aromatic rings. The van der Waals surface area contributed by atoms with E-state index in [1.165, 1.54) is 6.92 Å². The van der Waals surface area contributed by atoms with E-state index in [0.29, 0.717) is 19.5 Å². The number of carbonyl (C=O) groups is 4. The van der Waals surface area contributed by atoms with Crippen molar-refractivity contribution in [3.63, 3.8) is 0 Å². The highest BCUT2D eigenvalue weighted by molar-refractivity contribution is 5.83. The number of hydrogen-bond acceptors (Lipinski definition) is 7. The predicted octanol–water partition coefficient (Wildman–Crippen LogP) is 0.961. The average molecular weight is 281 g/mol. The Kier molecular flexibility index (Phi) is 29.0. The molecular formula is C11H23NO7. The highest BCUT2D eigenvalue weighted by Crippen LogP contribution is 1.79. The topological polar surface area (TPSA) is 142 Å². The van der Waals surface area contributed by atoms with Gasteiger partial charge in [0, 0.05) is 13.8 Å². The van der Waals surface area contributed by atoms with Crippen LogP contribution in [0.1, 0.15) is 34.1 Å². The molecule has 0 heterocycles. The molecule has 0 saturated carbocycles. The quantitative estimate of drug-likeness (QED) is 0.440. The third-order valence-corrected chi connectivity index (χ3v) is 0.903. The van der Waals surface area contributed by atoms with Crippen LogP contribution < -0.4 is 6.15 Å². The second kappa shape index (κ2) is 21.3. The maximum Gasteiger partial charge on any atom is 0.312 e. The molecule has 0 amide bonds. The number of carbonyl (C=O) groups excluding carboxylic acids is 3. The van der Waals surface area contributed by atoms with Crippen molar-refractivity contribution in [1.29, 1.82) is 0 Å². The number of aliphatic carboxylic acids is 1. The fraction of sp³-hybridized carbons (Fsp3) is 0.636. The van der Waals surface area contributed by atoms with Crippen molar-refractivity contribution in [1.82, 2.24) is 6.15 Å². The van der Waals surface area contributed by atoms with Crippen LogP contribution >= 0.6 is 0 Å². The number of ether oxygens (including phenoxy) is 2. The number of carboxylic acid groups (broad SMARTS) is 1. The minimum atomic E-state index is -0.833. The SMILES string of the molecule is CC(=O)O.CCOC(=O)CC=O.CCOC(C)=O.N. The molecule has 0 radical (unpaired) electrons. The van der Waals surface area contributed by atoms with Gasteiger partial charge in [-0.25, -0.2) is 0 Å². The van der Waals surface area contributed by atoms with Crippen LogP contribution in [0, 0.1) is 0 Å². The molecule has 0 aliphatic rings. The van der Waals surface area contributed by atoms with E-state index in [1.807, 2.05) is 0 Å². The summed E-state index contributed by atoms with van der Waals surface area (Å²) in [6, 6.07) is 0. The van der Waals surface area contributed by atoms with Gasteiger partial charge in [-0.2, -0.15) is 0 Å². The van der Waals surface area contributed by atoms with Crippen molar-refractivity contribution in [3.05, 3.63) is 0 Å². The lowest BCUT2D eigenvalue weighted by Gasteiger charge is -1.93. The lowest BCUT2D eigenvalue weighted by Crippen LogP contribution is -2.03. The van der Waals surface area contributed by atoms with Crippen LogP contribution in [-0.2, 0) is 28.7 Å². The lowest BCUT2D eigenvalue weighted by molar-refractivity contribution is -0.144. The number of aldehydes is 1. The van der Waals surface area contributed by atoms with Crippen LogP contribution in [0.3, 0.4) is 0 Å². The second-order valence-electron chi connectivity index (χ2n) is 2.62. The standard InChI is InChI=1S/C5H8O3.C4H8O2.C2H4O2.H3N/c1-2-8-5(7)3-4-6;1-3-6-4(2)5;1-2(3)4;/h4H,2-3H2,1H3;3H2,1-2H3;1H3,(H,3,4);1H3. The molecule has 19 heavy (non-hydrogen) atoms. The number of hydrogen-bond donors (Lipinski definition) is 2. The molecule has 0 fully saturated rings. The van der Waals surface area contributed by atoms with Crippen LogP contribution in [0.5, 0.6) is 0 Å². The molecule has 0 aliphatic heterocycles. The zero-order chi connectivity index (χ0) is 15.0. The zero-order valence-corrected chi connectivity index (χ0v) is 11.8. The van der Waals surface area contributed by atoms with Gasteiger partial charge in [-0.1, -0.05) is 0 Å². The normalized spacial score (nSPS) is 7.16. The monoisotopic (exact) mass is 281 g/mol. The maximum absolute atomic E-state index is 10.2. The van der Waals surface area contributed by atoms with E-state index in [4.69, 9.17) is 9.90 Å². The summed E-state index contributed by atoms with van der Waals surface area (Å²) in [7, 11) is 0. The van der Waals surface area contributed by atoms with Crippen molar-refractivity contribution < 1.29 is 33.8 Å². The summed E-state index contributed by atoms with van der Waals surface area (Å²) < 4.78 is 8.81. The van der Waals surface area contributed by atoms with Crippen LogP contribution in [0.25, 0.3) is 0 Å². The summed E-state index contributed by atoms with van der Waals surface area (Å²) in [4.78, 5) is 38.6. The third kappa shape index (κ3) is 63.8. The summed E-state index contributed by atoms with van der Waals surface area (Å²) >= 11 is 0. The molecule has 0 rings (SSSR count). The Hall–Kier alpha value is -1.96. The zero-order valence-electron chi connectivity index (χ0n) is 11.8. The molecule has 0 unspecified atom stereocenters. The van der Waals surface area contributed by atoms with E-state index in [9.17, 15) is 14.4 Å². The van der Waals surface area contributed by atoms with Crippen molar-refractivity contribution in [2.45, 2.75) is 34.1 Å². The Labute approximate surface area is 112 Å². The number of rotatable bonds is 4. The van der Waals surface area contributed by atoms with Crippen molar-refractivity contribution in [2.75, 3.05) is 13.2 Å². The molecule has 0 aliphatic carbocycles. The van der Waals surface area contributed by atoms with Gasteiger partial charge >= 0.3 is 11.9 Å². The van der Waals surface area contributed by atoms with Crippen molar-refractivity contribution in [3.8, 4) is 0 Å². The Bertz CT molecular complexity index is 249. The van der Waals surface area contributed by atoms with Gasteiger partial charge in [0.15, 0.2) is 0 Å². The number of carboxylic acids is 1. The first kappa shape index (κ1) is 25.8. The molecule has 0 atom stereocenters. The molecule has 0 aromatic carbocycles. The van der Waals surface area contributed by atoms with Gasteiger partial charge in [0.2, 0.25) is 0 Å². The Balaban J connectivity index is -0.0000000916. The summed E-state index contributed by atoms with van der Waals surface area (Å²) in [6.45, 7) is 6.77. The summed E-state index contributed by atoms with van der Waals surface area (Å²) in [5.41, 5.74) is 0. The second-order valence-corrected chi connectivity index (χ2v) is 2.62. The van der Waals surface area contributed by atoms with Crippen molar-refractivity contribution in [2.24, 2.45) is 0 Å². The van der Waals surface area contributed by atoms with Crippen LogP contribution in [0.2, 0.25) is 0 Å². The summed E-state index contributed by atoms with van der Waals surface area (Å²) in [5.74, 6) is -1.50. The first-order valence-electron chi connectivity index (χ1n) is 5.23. The molecule has 8 heteroatoms. The van der Waals surface area contributed by atoms with Crippen LogP contribution in [0.15, 0.2) is 0 Å². The van der Waals surface area contributed by atoms with E-state index in [0.717, 1.165) is 6.92 Å². The minimum absolute atomic E-state index is 0. The van der Waals surface area contributed by atoms with Crippen LogP contribution in [-0.4, -0.2) is 42.5 Å². The van der Waals surface area contributed by atoms with E-state index in [2.05, 4.69) is 9.47 Å². The maximum atomic E-state index is 10.2. The van der Waals surface area contributed by atoms with E-state index < -0.39 is 11.9 Å². The van der Waals surface area contributed by atoms with Gasteiger partial charge in [-0.3, -0.25) is 14.4 Å². The fourth-order valence-electron chi connectivity index (χ4n) is 0.491. The Morgan fingerprint density at radius 2 is 1.42 bits per heavy atom. The van der Waals surface area contributed by atoms with E-state index in [-0.39, 0.29) is 18.5 Å². The molecule has 0 bridgehead atoms. The van der Waals surface area contributed by atoms with Gasteiger partial charge in [0.1, 0.15) is 12.7 Å². The van der Waals surface area contributed by atoms with Gasteiger partial charge in [-0.05, 0) is 13.8 Å². The third-order valence-electron chi connectivity index (χ3n) is 0.903. The average Bonchev–Trinajstić information content (AvgIpc) is 2.17. The molecule has 8 nitrogen and oxygen atoms in total. The molecule has 0 saturated heterocycles. The van der Waals surface area contributed by atoms with Gasteiger partial charge in [-0.15, -0.1) is 0 Å². The van der Waals surface area contributed by atoms with E-state index >= 15 is 0 Å². The summed E-state index contributed by atoms with van der Waals surface area (Å²) in [5, 5.41) is 7.42. The largest absolute Gasteiger partial charge is 0.481 e. The van der Waals surface area contributed by atoms with Crippen LogP contribution in [0.4, 0.5) is 0 Å². The van der Waals surface area contributed by atoms with E-state index in [1.54, 1.807) is 13.8 Å². The molecular weight excluding hydrogens is 258 g/mol. The highest BCUT2D eigenvalue weighted by Gasteiger charge is 1.95. The lowest BCUT2D eigenvalue weighted by atomic mass is 10.5. The van der Waals surface area contributed by atoms with Gasteiger partial charge < -0.3 is 25.5 Å². The summed E-state index contributed by atoms with van der Waals surface area (Å²) in [6.07, 6.45) is 0.395. The molecule has 0 aromatic heterocycles. The smallest absolute Gasteiger partial charge is 0.312 e. The molecule has 114 valence electrons. The molecule has 0 spiro atoms. The molecule has 4 N–H and O–H groups in total. The highest BCUT2D eigenvalue weighted by atomic mass is 16.5. The van der Waals surface area contributed by atoms with Gasteiger partial charge in [0.05, 0.1) is 13.2 Å². The number of esters is 2.